The van der Waals surface area contributed by atoms with Gasteiger partial charge in [0.25, 0.3) is 0 Å². The van der Waals surface area contributed by atoms with Gasteiger partial charge in [0.1, 0.15) is 0 Å². The summed E-state index contributed by atoms with van der Waals surface area (Å²) in [4.78, 5) is 0. The van der Waals surface area contributed by atoms with Crippen molar-refractivity contribution >= 4 is 17.0 Å². The first-order valence-corrected chi connectivity index (χ1v) is 5.53. The van der Waals surface area contributed by atoms with Crippen LogP contribution in [0.1, 0.15) is 26.7 Å². The Hall–Kier alpha value is -0.500. The largest absolute Gasteiger partial charge is 0.384 e. The Balaban J connectivity index is 2.17. The summed E-state index contributed by atoms with van der Waals surface area (Å²) in [5.41, 5.74) is 1.27. The number of hydrogen-bond donors (Lipinski definition) is 1. The fraction of sp³-hybridized carbons (Fsp3) is 0.600. The zero-order chi connectivity index (χ0) is 8.81. The summed E-state index contributed by atoms with van der Waals surface area (Å²) >= 11 is 1.74. The molecule has 0 aliphatic rings. The maximum atomic E-state index is 3.42. The molecule has 0 saturated carbocycles. The van der Waals surface area contributed by atoms with Crippen molar-refractivity contribution in [1.29, 1.82) is 0 Å². The van der Waals surface area contributed by atoms with E-state index in [0.717, 1.165) is 12.5 Å². The van der Waals surface area contributed by atoms with Gasteiger partial charge in [0, 0.05) is 17.6 Å². The number of nitrogens with one attached hydrogen (secondary N) is 1. The van der Waals surface area contributed by atoms with Gasteiger partial charge in [-0.2, -0.15) is 11.3 Å². The van der Waals surface area contributed by atoms with Crippen LogP contribution in [0.4, 0.5) is 5.69 Å². The average Bonchev–Trinajstić information content (AvgIpc) is 2.53. The monoisotopic (exact) mass is 183 g/mol. The molecular weight excluding hydrogens is 166 g/mol. The fourth-order valence-corrected chi connectivity index (χ4v) is 1.86. The van der Waals surface area contributed by atoms with Gasteiger partial charge in [-0.1, -0.05) is 20.3 Å². The Morgan fingerprint density at radius 3 is 3.00 bits per heavy atom. The molecule has 1 aromatic rings. The second-order valence-electron chi connectivity index (χ2n) is 3.29. The molecule has 0 aliphatic carbocycles. The second kappa shape index (κ2) is 5.20. The van der Waals surface area contributed by atoms with Gasteiger partial charge in [0.15, 0.2) is 0 Å². The summed E-state index contributed by atoms with van der Waals surface area (Å²) < 4.78 is 0. The first-order chi connectivity index (χ1) is 5.83. The van der Waals surface area contributed by atoms with Crippen LogP contribution in [0.5, 0.6) is 0 Å². The average molecular weight is 183 g/mol. The molecule has 0 spiro atoms. The summed E-state index contributed by atoms with van der Waals surface area (Å²) in [6.45, 7) is 5.63. The van der Waals surface area contributed by atoms with Gasteiger partial charge in [-0.3, -0.25) is 0 Å². The third-order valence-corrected chi connectivity index (χ3v) is 2.64. The second-order valence-corrected chi connectivity index (χ2v) is 4.07. The fourth-order valence-electron chi connectivity index (χ4n) is 1.25. The third kappa shape index (κ3) is 3.26. The van der Waals surface area contributed by atoms with Gasteiger partial charge >= 0.3 is 0 Å². The van der Waals surface area contributed by atoms with Crippen molar-refractivity contribution in [2.45, 2.75) is 26.7 Å². The van der Waals surface area contributed by atoms with Crippen LogP contribution in [-0.4, -0.2) is 6.54 Å². The molecule has 0 fully saturated rings. The summed E-state index contributed by atoms with van der Waals surface area (Å²) in [7, 11) is 0. The van der Waals surface area contributed by atoms with Gasteiger partial charge in [0.2, 0.25) is 0 Å². The third-order valence-electron chi connectivity index (χ3n) is 1.96. The smallest absolute Gasteiger partial charge is 0.0448 e. The molecule has 0 radical (unpaired) electrons. The first kappa shape index (κ1) is 9.59. The van der Waals surface area contributed by atoms with Crippen molar-refractivity contribution in [1.82, 2.24) is 0 Å². The molecule has 1 unspecified atom stereocenters. The van der Waals surface area contributed by atoms with Gasteiger partial charge < -0.3 is 5.32 Å². The minimum absolute atomic E-state index is 0.787. The lowest BCUT2D eigenvalue weighted by atomic mass is 10.1. The van der Waals surface area contributed by atoms with E-state index in [-0.39, 0.29) is 0 Å². The molecule has 1 aromatic heterocycles. The molecule has 1 heterocycles. The predicted molar refractivity (Wildman–Crippen MR) is 56.9 cm³/mol. The van der Waals surface area contributed by atoms with Crippen LogP contribution in [0.3, 0.4) is 0 Å². The van der Waals surface area contributed by atoms with E-state index in [4.69, 9.17) is 0 Å². The summed E-state index contributed by atoms with van der Waals surface area (Å²) in [6, 6.07) is 2.13. The molecule has 0 aliphatic heterocycles. The number of thiophene rings is 1. The van der Waals surface area contributed by atoms with Gasteiger partial charge in [-0.25, -0.2) is 0 Å². The molecule has 1 nitrogen and oxygen atoms in total. The van der Waals surface area contributed by atoms with E-state index in [1.54, 1.807) is 11.3 Å². The standard InChI is InChI=1S/C10H17NS/c1-3-4-9(2)7-11-10-5-6-12-8-10/h5-6,8-9,11H,3-4,7H2,1-2H3. The van der Waals surface area contributed by atoms with Crippen molar-refractivity contribution in [3.63, 3.8) is 0 Å². The van der Waals surface area contributed by atoms with Crippen molar-refractivity contribution in [3.05, 3.63) is 16.8 Å². The summed E-state index contributed by atoms with van der Waals surface area (Å²) in [5, 5.41) is 7.68. The predicted octanol–water partition coefficient (Wildman–Crippen LogP) is 3.60. The van der Waals surface area contributed by atoms with Gasteiger partial charge in [-0.05, 0) is 23.8 Å². The molecular formula is C10H17NS. The highest BCUT2D eigenvalue weighted by atomic mass is 32.1. The van der Waals surface area contributed by atoms with Crippen LogP contribution in [0.15, 0.2) is 16.8 Å². The summed E-state index contributed by atoms with van der Waals surface area (Å²) in [6.07, 6.45) is 2.60. The lowest BCUT2D eigenvalue weighted by molar-refractivity contribution is 0.551. The zero-order valence-corrected chi connectivity index (χ0v) is 8.66. The van der Waals surface area contributed by atoms with E-state index in [1.807, 2.05) is 0 Å². The van der Waals surface area contributed by atoms with Gasteiger partial charge in [-0.15, -0.1) is 0 Å². The van der Waals surface area contributed by atoms with Crippen molar-refractivity contribution in [2.24, 2.45) is 5.92 Å². The van der Waals surface area contributed by atoms with E-state index >= 15 is 0 Å². The van der Waals surface area contributed by atoms with Crippen LogP contribution in [0.25, 0.3) is 0 Å². The van der Waals surface area contributed by atoms with Crippen LogP contribution in [0, 0.1) is 5.92 Å². The molecule has 2 heteroatoms. The SMILES string of the molecule is CCCC(C)CNc1ccsc1. The molecule has 1 N–H and O–H groups in total. The highest BCUT2D eigenvalue weighted by Gasteiger charge is 1.99. The molecule has 0 amide bonds. The van der Waals surface area contributed by atoms with Crippen molar-refractivity contribution in [2.75, 3.05) is 11.9 Å². The zero-order valence-electron chi connectivity index (χ0n) is 7.84. The van der Waals surface area contributed by atoms with E-state index in [9.17, 15) is 0 Å². The Morgan fingerprint density at radius 2 is 2.42 bits per heavy atom. The minimum atomic E-state index is 0.787. The molecule has 0 aromatic carbocycles. The lowest BCUT2D eigenvalue weighted by Crippen LogP contribution is -2.10. The van der Waals surface area contributed by atoms with Gasteiger partial charge in [0.05, 0.1) is 0 Å². The maximum absolute atomic E-state index is 3.42. The lowest BCUT2D eigenvalue weighted by Gasteiger charge is -2.10. The van der Waals surface area contributed by atoms with Crippen LogP contribution >= 0.6 is 11.3 Å². The minimum Gasteiger partial charge on any atom is -0.384 e. The molecule has 1 rings (SSSR count). The first-order valence-electron chi connectivity index (χ1n) is 4.59. The summed E-state index contributed by atoms with van der Waals surface area (Å²) in [5.74, 6) is 0.787. The highest BCUT2D eigenvalue weighted by Crippen LogP contribution is 2.13. The van der Waals surface area contributed by atoms with E-state index in [1.165, 1.54) is 18.5 Å². The molecule has 12 heavy (non-hydrogen) atoms. The molecule has 1 atom stereocenters. The van der Waals surface area contributed by atoms with Crippen LogP contribution in [-0.2, 0) is 0 Å². The number of anilines is 1. The highest BCUT2D eigenvalue weighted by molar-refractivity contribution is 7.08. The van der Waals surface area contributed by atoms with Crippen LogP contribution < -0.4 is 5.32 Å². The number of hydrogen-bond acceptors (Lipinski definition) is 2. The normalized spacial score (nSPS) is 12.8. The Bertz CT molecular complexity index is 194. The Labute approximate surface area is 78.8 Å². The number of rotatable bonds is 5. The van der Waals surface area contributed by atoms with Crippen molar-refractivity contribution in [3.8, 4) is 0 Å². The molecule has 0 saturated heterocycles. The van der Waals surface area contributed by atoms with Crippen LogP contribution in [0.2, 0.25) is 0 Å². The Morgan fingerprint density at radius 1 is 1.58 bits per heavy atom. The van der Waals surface area contributed by atoms with Crippen molar-refractivity contribution < 1.29 is 0 Å². The van der Waals surface area contributed by atoms with E-state index in [2.05, 4.69) is 36.0 Å². The van der Waals surface area contributed by atoms with E-state index in [0.29, 0.717) is 0 Å². The maximum Gasteiger partial charge on any atom is 0.0448 e. The quantitative estimate of drug-likeness (QED) is 0.735. The molecule has 68 valence electrons. The molecule has 0 bridgehead atoms. The van der Waals surface area contributed by atoms with E-state index < -0.39 is 0 Å². The topological polar surface area (TPSA) is 12.0 Å². The Kier molecular flexibility index (Phi) is 4.15.